The van der Waals surface area contributed by atoms with Crippen LogP contribution < -0.4 is 15.1 Å². The fourth-order valence-electron chi connectivity index (χ4n) is 2.42. The Kier molecular flexibility index (Phi) is 4.10. The van der Waals surface area contributed by atoms with Gasteiger partial charge in [-0.3, -0.25) is 4.79 Å². The van der Waals surface area contributed by atoms with Crippen molar-refractivity contribution in [3.63, 3.8) is 0 Å². The lowest BCUT2D eigenvalue weighted by atomic mass is 10.2. The molecule has 1 atom stereocenters. The maximum atomic E-state index is 12.3. The summed E-state index contributed by atoms with van der Waals surface area (Å²) in [6.45, 7) is 4.94. The molecule has 0 radical (unpaired) electrons. The largest absolute Gasteiger partial charge is 0.378 e. The summed E-state index contributed by atoms with van der Waals surface area (Å²) in [5, 5.41) is 3.32. The molecule has 0 aromatic heterocycles. The van der Waals surface area contributed by atoms with E-state index in [-0.39, 0.29) is 11.9 Å². The fraction of sp³-hybridized carbons (Fsp3) is 0.533. The highest BCUT2D eigenvalue weighted by molar-refractivity contribution is 5.99. The lowest BCUT2D eigenvalue weighted by molar-refractivity contribution is -0.118. The van der Waals surface area contributed by atoms with Gasteiger partial charge in [-0.1, -0.05) is 13.8 Å². The molecule has 0 bridgehead atoms. The average molecular weight is 261 g/mol. The Morgan fingerprint density at radius 2 is 1.89 bits per heavy atom. The van der Waals surface area contributed by atoms with E-state index in [0.717, 1.165) is 24.3 Å². The number of rotatable bonds is 4. The summed E-state index contributed by atoms with van der Waals surface area (Å²) < 4.78 is 0. The summed E-state index contributed by atoms with van der Waals surface area (Å²) >= 11 is 0. The van der Waals surface area contributed by atoms with Gasteiger partial charge >= 0.3 is 0 Å². The molecule has 19 heavy (non-hydrogen) atoms. The molecule has 0 saturated carbocycles. The number of carbonyl (C=O) groups is 1. The molecular weight excluding hydrogens is 238 g/mol. The lowest BCUT2D eigenvalue weighted by Crippen LogP contribution is -2.41. The lowest BCUT2D eigenvalue weighted by Gasteiger charge is -2.20. The molecule has 1 aliphatic rings. The van der Waals surface area contributed by atoms with Gasteiger partial charge in [-0.05, 0) is 30.7 Å². The van der Waals surface area contributed by atoms with Gasteiger partial charge in [-0.15, -0.1) is 0 Å². The van der Waals surface area contributed by atoms with Crippen LogP contribution in [0.15, 0.2) is 24.3 Å². The van der Waals surface area contributed by atoms with Gasteiger partial charge in [0.05, 0.1) is 6.04 Å². The number of benzene rings is 1. The van der Waals surface area contributed by atoms with Gasteiger partial charge in [-0.25, -0.2) is 0 Å². The minimum atomic E-state index is -0.0338. The Hall–Kier alpha value is -1.55. The molecule has 1 saturated heterocycles. The molecule has 1 aliphatic heterocycles. The summed E-state index contributed by atoms with van der Waals surface area (Å²) in [5.74, 6) is 0.186. The topological polar surface area (TPSA) is 35.6 Å². The minimum absolute atomic E-state index is 0.0338. The zero-order chi connectivity index (χ0) is 14.0. The first-order chi connectivity index (χ1) is 8.99. The maximum absolute atomic E-state index is 12.3. The first-order valence-electron chi connectivity index (χ1n) is 6.84. The number of hydrogen-bond donors (Lipinski definition) is 1. The molecule has 2 rings (SSSR count). The van der Waals surface area contributed by atoms with Crippen LogP contribution in [-0.4, -0.2) is 38.6 Å². The van der Waals surface area contributed by atoms with Crippen LogP contribution in [0.1, 0.15) is 20.3 Å². The van der Waals surface area contributed by atoms with Crippen molar-refractivity contribution in [2.45, 2.75) is 32.4 Å². The first-order valence-corrected chi connectivity index (χ1v) is 6.84. The molecule has 1 aromatic carbocycles. The SMILES string of the molecule is CC(C)NC1CCN(c2ccc(N(C)C)cc2)C1=O. The smallest absolute Gasteiger partial charge is 0.244 e. The number of nitrogens with zero attached hydrogens (tertiary/aromatic N) is 2. The van der Waals surface area contributed by atoms with Crippen molar-refractivity contribution < 1.29 is 4.79 Å². The van der Waals surface area contributed by atoms with E-state index in [1.807, 2.05) is 43.3 Å². The zero-order valence-electron chi connectivity index (χ0n) is 12.2. The number of carbonyl (C=O) groups excluding carboxylic acids is 1. The van der Waals surface area contributed by atoms with Crippen LogP contribution in [0.3, 0.4) is 0 Å². The quantitative estimate of drug-likeness (QED) is 0.898. The van der Waals surface area contributed by atoms with Crippen LogP contribution in [-0.2, 0) is 4.79 Å². The molecule has 1 amide bonds. The van der Waals surface area contributed by atoms with E-state index >= 15 is 0 Å². The summed E-state index contributed by atoms with van der Waals surface area (Å²) in [6.07, 6.45) is 0.881. The van der Waals surface area contributed by atoms with Crippen molar-refractivity contribution in [3.8, 4) is 0 Å². The van der Waals surface area contributed by atoms with E-state index < -0.39 is 0 Å². The van der Waals surface area contributed by atoms with Crippen molar-refractivity contribution in [2.75, 3.05) is 30.4 Å². The highest BCUT2D eigenvalue weighted by Gasteiger charge is 2.32. The molecule has 0 spiro atoms. The van der Waals surface area contributed by atoms with Crippen molar-refractivity contribution >= 4 is 17.3 Å². The van der Waals surface area contributed by atoms with Crippen LogP contribution in [0.2, 0.25) is 0 Å². The monoisotopic (exact) mass is 261 g/mol. The minimum Gasteiger partial charge on any atom is -0.378 e. The second kappa shape index (κ2) is 5.61. The van der Waals surface area contributed by atoms with E-state index in [1.54, 1.807) is 0 Å². The molecule has 1 heterocycles. The van der Waals surface area contributed by atoms with Crippen LogP contribution in [0, 0.1) is 0 Å². The maximum Gasteiger partial charge on any atom is 0.244 e. The van der Waals surface area contributed by atoms with E-state index in [1.165, 1.54) is 0 Å². The molecule has 4 nitrogen and oxygen atoms in total. The van der Waals surface area contributed by atoms with Gasteiger partial charge in [-0.2, -0.15) is 0 Å². The third kappa shape index (κ3) is 3.07. The molecule has 1 fully saturated rings. The second-order valence-corrected chi connectivity index (χ2v) is 5.56. The van der Waals surface area contributed by atoms with Gasteiger partial charge in [0.15, 0.2) is 0 Å². The Bertz CT molecular complexity index is 439. The summed E-state index contributed by atoms with van der Waals surface area (Å²) in [5.41, 5.74) is 2.14. The van der Waals surface area contributed by atoms with Crippen molar-refractivity contribution in [2.24, 2.45) is 0 Å². The van der Waals surface area contributed by atoms with E-state index in [4.69, 9.17) is 0 Å². The van der Waals surface area contributed by atoms with E-state index in [2.05, 4.69) is 24.1 Å². The summed E-state index contributed by atoms with van der Waals surface area (Å²) in [4.78, 5) is 16.2. The highest BCUT2D eigenvalue weighted by Crippen LogP contribution is 2.24. The van der Waals surface area contributed by atoms with Crippen LogP contribution in [0.25, 0.3) is 0 Å². The van der Waals surface area contributed by atoms with Gasteiger partial charge in [0.25, 0.3) is 0 Å². The van der Waals surface area contributed by atoms with Crippen molar-refractivity contribution in [3.05, 3.63) is 24.3 Å². The number of anilines is 2. The van der Waals surface area contributed by atoms with Crippen LogP contribution in [0.4, 0.5) is 11.4 Å². The Morgan fingerprint density at radius 3 is 2.42 bits per heavy atom. The van der Waals surface area contributed by atoms with Gasteiger partial charge < -0.3 is 15.1 Å². The molecule has 1 unspecified atom stereocenters. The van der Waals surface area contributed by atoms with E-state index in [0.29, 0.717) is 6.04 Å². The Balaban J connectivity index is 2.09. The second-order valence-electron chi connectivity index (χ2n) is 5.56. The van der Waals surface area contributed by atoms with Crippen LogP contribution in [0.5, 0.6) is 0 Å². The molecular formula is C15H23N3O. The average Bonchev–Trinajstić information content (AvgIpc) is 2.70. The zero-order valence-corrected chi connectivity index (χ0v) is 12.2. The molecule has 1 N–H and O–H groups in total. The van der Waals surface area contributed by atoms with E-state index in [9.17, 15) is 4.79 Å². The van der Waals surface area contributed by atoms with Crippen molar-refractivity contribution in [1.82, 2.24) is 5.32 Å². The van der Waals surface area contributed by atoms with Gasteiger partial charge in [0.1, 0.15) is 0 Å². The van der Waals surface area contributed by atoms with Crippen molar-refractivity contribution in [1.29, 1.82) is 0 Å². The molecule has 0 aliphatic carbocycles. The first kappa shape index (κ1) is 13.9. The standard InChI is InChI=1S/C15H23N3O/c1-11(2)16-14-9-10-18(15(14)19)13-7-5-12(6-8-13)17(3)4/h5-8,11,14,16H,9-10H2,1-4H3. The number of hydrogen-bond acceptors (Lipinski definition) is 3. The normalized spacial score (nSPS) is 19.3. The summed E-state index contributed by atoms with van der Waals surface area (Å²) in [7, 11) is 4.03. The summed E-state index contributed by atoms with van der Waals surface area (Å²) in [6, 6.07) is 8.44. The Labute approximate surface area is 115 Å². The predicted octanol–water partition coefficient (Wildman–Crippen LogP) is 1.86. The molecule has 4 heteroatoms. The highest BCUT2D eigenvalue weighted by atomic mass is 16.2. The molecule has 104 valence electrons. The van der Waals surface area contributed by atoms with Gasteiger partial charge in [0, 0.05) is 38.1 Å². The van der Waals surface area contributed by atoms with Gasteiger partial charge in [0.2, 0.25) is 5.91 Å². The third-order valence-electron chi connectivity index (χ3n) is 3.42. The number of amides is 1. The number of nitrogens with one attached hydrogen (secondary N) is 1. The fourth-order valence-corrected chi connectivity index (χ4v) is 2.42. The Morgan fingerprint density at radius 1 is 1.26 bits per heavy atom. The molecule has 1 aromatic rings. The predicted molar refractivity (Wildman–Crippen MR) is 79.8 cm³/mol. The third-order valence-corrected chi connectivity index (χ3v) is 3.42. The van der Waals surface area contributed by atoms with Crippen LogP contribution >= 0.6 is 0 Å².